The first-order valence-electron chi connectivity index (χ1n) is 7.33. The van der Waals surface area contributed by atoms with Gasteiger partial charge in [0.15, 0.2) is 0 Å². The average Bonchev–Trinajstić information content (AvgIpc) is 2.46. The highest BCUT2D eigenvalue weighted by atomic mass is 16.2. The molecule has 0 unspecified atom stereocenters. The molecule has 1 atom stereocenters. The van der Waals surface area contributed by atoms with Crippen LogP contribution in [0.1, 0.15) is 18.1 Å². The van der Waals surface area contributed by atoms with Crippen molar-refractivity contribution in [3.8, 4) is 0 Å². The van der Waals surface area contributed by atoms with Crippen molar-refractivity contribution in [2.75, 3.05) is 33.2 Å². The van der Waals surface area contributed by atoms with E-state index in [4.69, 9.17) is 0 Å². The van der Waals surface area contributed by atoms with Gasteiger partial charge in [-0.2, -0.15) is 0 Å². The molecule has 1 N–H and O–H groups in total. The van der Waals surface area contributed by atoms with Gasteiger partial charge in [-0.05, 0) is 19.4 Å². The third kappa shape index (κ3) is 3.81. The summed E-state index contributed by atoms with van der Waals surface area (Å²) in [5.74, 6) is 0.108. The van der Waals surface area contributed by atoms with Crippen LogP contribution in [0.15, 0.2) is 24.3 Å². The molecule has 110 valence electrons. The highest BCUT2D eigenvalue weighted by molar-refractivity contribution is 5.80. The summed E-state index contributed by atoms with van der Waals surface area (Å²) in [6.07, 6.45) is 0. The zero-order valence-electron chi connectivity index (χ0n) is 12.7. The first-order chi connectivity index (χ1) is 9.60. The number of carbonyl (C=O) groups is 1. The molecule has 2 rings (SSSR count). The van der Waals surface area contributed by atoms with Crippen LogP contribution in [0.25, 0.3) is 0 Å². The Morgan fingerprint density at radius 1 is 1.30 bits per heavy atom. The van der Waals surface area contributed by atoms with Crippen LogP contribution in [0, 0.1) is 6.92 Å². The largest absolute Gasteiger partial charge is 0.358 e. The van der Waals surface area contributed by atoms with Crippen molar-refractivity contribution in [2.24, 2.45) is 0 Å². The van der Waals surface area contributed by atoms with E-state index in [0.29, 0.717) is 0 Å². The van der Waals surface area contributed by atoms with Crippen molar-refractivity contribution in [1.82, 2.24) is 15.1 Å². The summed E-state index contributed by atoms with van der Waals surface area (Å²) in [6.45, 7) is 9.08. The predicted octanol–water partition coefficient (Wildman–Crippen LogP) is 1.25. The van der Waals surface area contributed by atoms with Gasteiger partial charge in [0.25, 0.3) is 0 Å². The van der Waals surface area contributed by atoms with E-state index in [-0.39, 0.29) is 11.9 Å². The number of likely N-dealkylation sites (N-methyl/N-ethyl adjacent to an activating group) is 1. The summed E-state index contributed by atoms with van der Waals surface area (Å²) >= 11 is 0. The van der Waals surface area contributed by atoms with E-state index in [2.05, 4.69) is 46.3 Å². The van der Waals surface area contributed by atoms with Crippen LogP contribution >= 0.6 is 0 Å². The van der Waals surface area contributed by atoms with Crippen LogP contribution in [-0.2, 0) is 11.3 Å². The van der Waals surface area contributed by atoms with E-state index in [1.54, 1.807) is 7.05 Å². The molecule has 1 aromatic rings. The van der Waals surface area contributed by atoms with Gasteiger partial charge in [0, 0.05) is 39.8 Å². The molecule has 0 radical (unpaired) electrons. The Balaban J connectivity index is 1.84. The topological polar surface area (TPSA) is 35.6 Å². The number of carbonyl (C=O) groups excluding carboxylic acids is 1. The van der Waals surface area contributed by atoms with Crippen molar-refractivity contribution in [3.05, 3.63) is 35.4 Å². The molecule has 0 bridgehead atoms. The Morgan fingerprint density at radius 3 is 2.60 bits per heavy atom. The third-order valence-electron chi connectivity index (χ3n) is 4.07. The van der Waals surface area contributed by atoms with Crippen molar-refractivity contribution in [3.63, 3.8) is 0 Å². The molecule has 1 aromatic carbocycles. The molecule has 1 aliphatic heterocycles. The molecule has 1 saturated heterocycles. The zero-order chi connectivity index (χ0) is 14.5. The lowest BCUT2D eigenvalue weighted by atomic mass is 10.1. The Morgan fingerprint density at radius 2 is 2.00 bits per heavy atom. The SMILES string of the molecule is CNC(=O)[C@@H](C)N1CCN(Cc2cccc(C)c2)CC1. The van der Waals surface area contributed by atoms with Crippen LogP contribution < -0.4 is 5.32 Å². The molecule has 20 heavy (non-hydrogen) atoms. The smallest absolute Gasteiger partial charge is 0.236 e. The molecule has 1 fully saturated rings. The van der Waals surface area contributed by atoms with Crippen molar-refractivity contribution < 1.29 is 4.79 Å². The molecular formula is C16H25N3O. The molecule has 0 aliphatic carbocycles. The number of aryl methyl sites for hydroxylation is 1. The summed E-state index contributed by atoms with van der Waals surface area (Å²) < 4.78 is 0. The molecule has 4 heteroatoms. The third-order valence-corrected chi connectivity index (χ3v) is 4.07. The van der Waals surface area contributed by atoms with Gasteiger partial charge >= 0.3 is 0 Å². The summed E-state index contributed by atoms with van der Waals surface area (Å²) in [4.78, 5) is 16.4. The first kappa shape index (κ1) is 15.0. The minimum Gasteiger partial charge on any atom is -0.358 e. The normalized spacial score (nSPS) is 18.8. The number of hydrogen-bond donors (Lipinski definition) is 1. The summed E-state index contributed by atoms with van der Waals surface area (Å²) in [5.41, 5.74) is 2.69. The number of rotatable bonds is 4. The average molecular weight is 275 g/mol. The van der Waals surface area contributed by atoms with E-state index < -0.39 is 0 Å². The molecule has 0 aromatic heterocycles. The number of benzene rings is 1. The minimum absolute atomic E-state index is 0.0267. The van der Waals surface area contributed by atoms with Gasteiger partial charge in [0.05, 0.1) is 6.04 Å². The molecule has 1 heterocycles. The fraction of sp³-hybridized carbons (Fsp3) is 0.562. The molecular weight excluding hydrogens is 250 g/mol. The van der Waals surface area contributed by atoms with E-state index >= 15 is 0 Å². The van der Waals surface area contributed by atoms with E-state index in [1.807, 2.05) is 6.92 Å². The summed E-state index contributed by atoms with van der Waals surface area (Å²) in [5, 5.41) is 2.73. The van der Waals surface area contributed by atoms with Gasteiger partial charge in [-0.1, -0.05) is 29.8 Å². The molecule has 0 spiro atoms. The van der Waals surface area contributed by atoms with Crippen molar-refractivity contribution in [2.45, 2.75) is 26.4 Å². The molecule has 0 saturated carbocycles. The first-order valence-corrected chi connectivity index (χ1v) is 7.33. The Labute approximate surface area is 121 Å². The number of nitrogens with one attached hydrogen (secondary N) is 1. The minimum atomic E-state index is -0.0267. The van der Waals surface area contributed by atoms with Gasteiger partial charge in [0.1, 0.15) is 0 Å². The molecule has 1 aliphatic rings. The number of amides is 1. The number of hydrogen-bond acceptors (Lipinski definition) is 3. The quantitative estimate of drug-likeness (QED) is 0.898. The highest BCUT2D eigenvalue weighted by Gasteiger charge is 2.24. The van der Waals surface area contributed by atoms with Crippen LogP contribution in [0.2, 0.25) is 0 Å². The van der Waals surface area contributed by atoms with Gasteiger partial charge in [-0.15, -0.1) is 0 Å². The van der Waals surface area contributed by atoms with Crippen LogP contribution in [-0.4, -0.2) is 55.0 Å². The van der Waals surface area contributed by atoms with E-state index in [1.165, 1.54) is 11.1 Å². The van der Waals surface area contributed by atoms with Crippen LogP contribution in [0.4, 0.5) is 0 Å². The Kier molecular flexibility index (Phi) is 5.15. The fourth-order valence-corrected chi connectivity index (χ4v) is 2.75. The maximum Gasteiger partial charge on any atom is 0.236 e. The summed E-state index contributed by atoms with van der Waals surface area (Å²) in [7, 11) is 1.70. The Hall–Kier alpha value is -1.39. The maximum absolute atomic E-state index is 11.7. The van der Waals surface area contributed by atoms with Crippen molar-refractivity contribution >= 4 is 5.91 Å². The van der Waals surface area contributed by atoms with Crippen molar-refractivity contribution in [1.29, 1.82) is 0 Å². The van der Waals surface area contributed by atoms with Gasteiger partial charge < -0.3 is 5.32 Å². The van der Waals surface area contributed by atoms with E-state index in [0.717, 1.165) is 32.7 Å². The maximum atomic E-state index is 11.7. The Bertz CT molecular complexity index is 453. The lowest BCUT2D eigenvalue weighted by Gasteiger charge is -2.37. The zero-order valence-corrected chi connectivity index (χ0v) is 12.7. The van der Waals surface area contributed by atoms with E-state index in [9.17, 15) is 4.79 Å². The highest BCUT2D eigenvalue weighted by Crippen LogP contribution is 2.11. The predicted molar refractivity (Wildman–Crippen MR) is 81.6 cm³/mol. The van der Waals surface area contributed by atoms with Crippen LogP contribution in [0.3, 0.4) is 0 Å². The molecule has 1 amide bonds. The monoisotopic (exact) mass is 275 g/mol. The second-order valence-corrected chi connectivity index (χ2v) is 5.59. The fourth-order valence-electron chi connectivity index (χ4n) is 2.75. The second kappa shape index (κ2) is 6.86. The molecule has 4 nitrogen and oxygen atoms in total. The van der Waals surface area contributed by atoms with Gasteiger partial charge in [0.2, 0.25) is 5.91 Å². The summed E-state index contributed by atoms with van der Waals surface area (Å²) in [6, 6.07) is 8.66. The van der Waals surface area contributed by atoms with Crippen LogP contribution in [0.5, 0.6) is 0 Å². The standard InChI is InChI=1S/C16H25N3O/c1-13-5-4-6-15(11-13)12-18-7-9-19(10-8-18)14(2)16(20)17-3/h4-6,11,14H,7-10,12H2,1-3H3,(H,17,20)/t14-/m1/s1. The second-order valence-electron chi connectivity index (χ2n) is 5.59. The number of nitrogens with zero attached hydrogens (tertiary/aromatic N) is 2. The lowest BCUT2D eigenvalue weighted by Crippen LogP contribution is -2.53. The lowest BCUT2D eigenvalue weighted by molar-refractivity contribution is -0.126. The number of piperazine rings is 1. The van der Waals surface area contributed by atoms with Gasteiger partial charge in [-0.25, -0.2) is 0 Å². The van der Waals surface area contributed by atoms with Gasteiger partial charge in [-0.3, -0.25) is 14.6 Å².